The monoisotopic (exact) mass is 337 g/mol. The summed E-state index contributed by atoms with van der Waals surface area (Å²) in [5, 5.41) is 9.20. The Morgan fingerprint density at radius 2 is 2.04 bits per heavy atom. The molecule has 1 atom stereocenters. The molecule has 1 fully saturated rings. The molecule has 1 N–H and O–H groups in total. The number of phenolic OH excluding ortho intramolecular Hbond substituents is 1. The second-order valence-electron chi connectivity index (χ2n) is 4.68. The van der Waals surface area contributed by atoms with E-state index >= 15 is 0 Å². The lowest BCUT2D eigenvalue weighted by Crippen LogP contribution is -2.42. The van der Waals surface area contributed by atoms with Crippen molar-refractivity contribution in [3.05, 3.63) is 28.7 Å². The number of hydrogen-bond donors (Lipinski definition) is 1. The number of methoxy groups -OCH3 is 2. The molecule has 2 amide bonds. The molecule has 0 bridgehead atoms. The number of thioether (sulfide) groups is 1. The quantitative estimate of drug-likeness (QED) is 0.663. The lowest BCUT2D eigenvalue weighted by molar-refractivity contribution is -0.148. The Hall–Kier alpha value is -2.48. The van der Waals surface area contributed by atoms with Gasteiger partial charge in [0.05, 0.1) is 19.1 Å². The van der Waals surface area contributed by atoms with Crippen molar-refractivity contribution < 1.29 is 29.0 Å². The van der Waals surface area contributed by atoms with E-state index in [0.29, 0.717) is 11.3 Å². The van der Waals surface area contributed by atoms with Crippen LogP contribution in [0, 0.1) is 0 Å². The largest absolute Gasteiger partial charge is 0.504 e. The number of nitrogens with zero attached hydrogens (tertiary/aromatic N) is 1. The molecule has 1 aromatic carbocycles. The van der Waals surface area contributed by atoms with Crippen LogP contribution in [0.25, 0.3) is 6.08 Å². The molecule has 0 radical (unpaired) electrons. The molecule has 1 aliphatic rings. The summed E-state index contributed by atoms with van der Waals surface area (Å²) in [6.45, 7) is 1.42. The van der Waals surface area contributed by atoms with Crippen LogP contribution in [-0.4, -0.2) is 47.4 Å². The SMILES string of the molecule is COC(=O)[C@@H](C)N1C(=O)S/C(=C\c2ccc(OC)c(O)c2)C1=O. The first-order valence-electron chi connectivity index (χ1n) is 6.61. The molecule has 7 nitrogen and oxygen atoms in total. The highest BCUT2D eigenvalue weighted by molar-refractivity contribution is 8.18. The van der Waals surface area contributed by atoms with E-state index in [1.54, 1.807) is 12.1 Å². The van der Waals surface area contributed by atoms with Gasteiger partial charge in [-0.3, -0.25) is 14.5 Å². The van der Waals surface area contributed by atoms with Crippen LogP contribution in [0.4, 0.5) is 4.79 Å². The normalized spacial score (nSPS) is 17.5. The standard InChI is InChI=1S/C15H15NO6S/c1-8(14(19)22-3)16-13(18)12(23-15(16)20)7-9-4-5-11(21-2)10(17)6-9/h4-8,17H,1-3H3/b12-7-/t8-/m1/s1. The minimum Gasteiger partial charge on any atom is -0.504 e. The lowest BCUT2D eigenvalue weighted by Gasteiger charge is -2.18. The van der Waals surface area contributed by atoms with Crippen molar-refractivity contribution >= 4 is 35.0 Å². The van der Waals surface area contributed by atoms with Gasteiger partial charge >= 0.3 is 5.97 Å². The lowest BCUT2D eigenvalue weighted by atomic mass is 10.2. The number of benzene rings is 1. The summed E-state index contributed by atoms with van der Waals surface area (Å²) in [4.78, 5) is 36.8. The number of imide groups is 1. The number of hydrogen-bond acceptors (Lipinski definition) is 7. The summed E-state index contributed by atoms with van der Waals surface area (Å²) < 4.78 is 9.49. The number of rotatable bonds is 4. The molecule has 0 aromatic heterocycles. The fourth-order valence-electron chi connectivity index (χ4n) is 2.04. The number of esters is 1. The van der Waals surface area contributed by atoms with Crippen LogP contribution >= 0.6 is 11.8 Å². The highest BCUT2D eigenvalue weighted by atomic mass is 32.2. The predicted octanol–water partition coefficient (Wildman–Crippen LogP) is 2.00. The van der Waals surface area contributed by atoms with Gasteiger partial charge in [0.15, 0.2) is 11.5 Å². The Bertz CT molecular complexity index is 699. The van der Waals surface area contributed by atoms with Gasteiger partial charge in [-0.15, -0.1) is 0 Å². The van der Waals surface area contributed by atoms with Crippen molar-refractivity contribution in [2.75, 3.05) is 14.2 Å². The number of aromatic hydroxyl groups is 1. The van der Waals surface area contributed by atoms with Crippen LogP contribution in [0.3, 0.4) is 0 Å². The Morgan fingerprint density at radius 3 is 2.61 bits per heavy atom. The summed E-state index contributed by atoms with van der Waals surface area (Å²) in [5.74, 6) is -1.03. The summed E-state index contributed by atoms with van der Waals surface area (Å²) in [7, 11) is 2.61. The van der Waals surface area contributed by atoms with E-state index in [1.165, 1.54) is 33.3 Å². The number of amides is 2. The molecule has 1 saturated heterocycles. The van der Waals surface area contributed by atoms with Crippen LogP contribution in [0.2, 0.25) is 0 Å². The average molecular weight is 337 g/mol. The van der Waals surface area contributed by atoms with Gasteiger partial charge in [-0.1, -0.05) is 6.07 Å². The Labute approximate surface area is 136 Å². The maximum Gasteiger partial charge on any atom is 0.328 e. The van der Waals surface area contributed by atoms with Crippen molar-refractivity contribution in [1.82, 2.24) is 4.90 Å². The zero-order valence-corrected chi connectivity index (χ0v) is 13.5. The Balaban J connectivity index is 2.28. The first-order valence-corrected chi connectivity index (χ1v) is 7.42. The van der Waals surface area contributed by atoms with E-state index in [0.717, 1.165) is 16.7 Å². The van der Waals surface area contributed by atoms with Crippen LogP contribution in [-0.2, 0) is 14.3 Å². The molecule has 2 rings (SSSR count). The van der Waals surface area contributed by atoms with Crippen LogP contribution in [0.5, 0.6) is 11.5 Å². The first kappa shape index (κ1) is 16.9. The van der Waals surface area contributed by atoms with Gasteiger partial charge in [0.1, 0.15) is 6.04 Å². The average Bonchev–Trinajstić information content (AvgIpc) is 2.80. The molecule has 0 saturated carbocycles. The van der Waals surface area contributed by atoms with Crippen molar-refractivity contribution in [3.8, 4) is 11.5 Å². The second-order valence-corrected chi connectivity index (χ2v) is 5.68. The third-order valence-corrected chi connectivity index (χ3v) is 4.14. The smallest absolute Gasteiger partial charge is 0.328 e. The van der Waals surface area contributed by atoms with Gasteiger partial charge in [-0.05, 0) is 42.5 Å². The summed E-state index contributed by atoms with van der Waals surface area (Å²) in [5.41, 5.74) is 0.527. The van der Waals surface area contributed by atoms with Gasteiger partial charge in [0.25, 0.3) is 11.1 Å². The molecule has 122 valence electrons. The van der Waals surface area contributed by atoms with E-state index < -0.39 is 23.2 Å². The highest BCUT2D eigenvalue weighted by Gasteiger charge is 2.41. The molecule has 1 aliphatic heterocycles. The molecule has 0 unspecified atom stereocenters. The van der Waals surface area contributed by atoms with Gasteiger partial charge in [-0.2, -0.15) is 0 Å². The number of carbonyl (C=O) groups is 3. The second kappa shape index (κ2) is 6.74. The number of phenols is 1. The molecule has 0 aliphatic carbocycles. The third kappa shape index (κ3) is 3.31. The molecule has 8 heteroatoms. The fraction of sp³-hybridized carbons (Fsp3) is 0.267. The molecule has 1 heterocycles. The zero-order chi connectivity index (χ0) is 17.1. The van der Waals surface area contributed by atoms with Gasteiger partial charge in [-0.25, -0.2) is 4.79 Å². The maximum atomic E-state index is 12.3. The fourth-order valence-corrected chi connectivity index (χ4v) is 2.95. The van der Waals surface area contributed by atoms with Crippen LogP contribution in [0.1, 0.15) is 12.5 Å². The van der Waals surface area contributed by atoms with Gasteiger partial charge in [0.2, 0.25) is 0 Å². The van der Waals surface area contributed by atoms with E-state index in [2.05, 4.69) is 4.74 Å². The molecular weight excluding hydrogens is 322 g/mol. The van der Waals surface area contributed by atoms with Gasteiger partial charge in [0, 0.05) is 0 Å². The molecule has 1 aromatic rings. The number of ether oxygens (including phenoxy) is 2. The van der Waals surface area contributed by atoms with Crippen molar-refractivity contribution in [1.29, 1.82) is 0 Å². The van der Waals surface area contributed by atoms with Crippen LogP contribution < -0.4 is 4.74 Å². The van der Waals surface area contributed by atoms with Crippen LogP contribution in [0.15, 0.2) is 23.1 Å². The van der Waals surface area contributed by atoms with E-state index in [1.807, 2.05) is 0 Å². The van der Waals surface area contributed by atoms with Crippen molar-refractivity contribution in [3.63, 3.8) is 0 Å². The van der Waals surface area contributed by atoms with Gasteiger partial charge < -0.3 is 14.6 Å². The summed E-state index contributed by atoms with van der Waals surface area (Å²) in [6.07, 6.45) is 1.47. The maximum absolute atomic E-state index is 12.3. The first-order chi connectivity index (χ1) is 10.9. The van der Waals surface area contributed by atoms with E-state index in [-0.39, 0.29) is 10.7 Å². The zero-order valence-electron chi connectivity index (χ0n) is 12.7. The van der Waals surface area contributed by atoms with Crippen molar-refractivity contribution in [2.24, 2.45) is 0 Å². The summed E-state index contributed by atoms with van der Waals surface area (Å²) >= 11 is 0.727. The minimum absolute atomic E-state index is 0.0802. The van der Waals surface area contributed by atoms with E-state index in [4.69, 9.17) is 4.74 Å². The summed E-state index contributed by atoms with van der Waals surface area (Å²) in [6, 6.07) is 3.60. The predicted molar refractivity (Wildman–Crippen MR) is 83.9 cm³/mol. The third-order valence-electron chi connectivity index (χ3n) is 3.25. The highest BCUT2D eigenvalue weighted by Crippen LogP contribution is 2.35. The number of carbonyl (C=O) groups excluding carboxylic acids is 3. The Morgan fingerprint density at radius 1 is 1.35 bits per heavy atom. The molecular formula is C15H15NO6S. The van der Waals surface area contributed by atoms with E-state index in [9.17, 15) is 19.5 Å². The molecule has 0 spiro atoms. The minimum atomic E-state index is -0.998. The van der Waals surface area contributed by atoms with Crippen molar-refractivity contribution in [2.45, 2.75) is 13.0 Å². The topological polar surface area (TPSA) is 93.1 Å². The Kier molecular flexibility index (Phi) is 4.95. The molecule has 23 heavy (non-hydrogen) atoms.